The molecule has 1 atom stereocenters. The van der Waals surface area contributed by atoms with Gasteiger partial charge in [0.25, 0.3) is 0 Å². The van der Waals surface area contributed by atoms with E-state index in [0.29, 0.717) is 5.92 Å². The molecule has 0 spiro atoms. The van der Waals surface area contributed by atoms with E-state index >= 15 is 0 Å². The SMILES string of the molecule is C#CCOC(=O)CNC(=O)/C=C/CC(C)CC. The van der Waals surface area contributed by atoms with Crippen molar-refractivity contribution in [2.75, 3.05) is 13.2 Å². The van der Waals surface area contributed by atoms with E-state index in [1.165, 1.54) is 6.08 Å². The molecule has 0 aliphatic heterocycles. The van der Waals surface area contributed by atoms with Gasteiger partial charge in [0.15, 0.2) is 6.61 Å². The van der Waals surface area contributed by atoms with E-state index in [1.54, 1.807) is 6.08 Å². The van der Waals surface area contributed by atoms with E-state index in [-0.39, 0.29) is 19.1 Å². The molecule has 94 valence electrons. The minimum Gasteiger partial charge on any atom is -0.451 e. The summed E-state index contributed by atoms with van der Waals surface area (Å²) in [6.45, 7) is 3.98. The average molecular weight is 237 g/mol. The minimum atomic E-state index is -0.536. The second kappa shape index (κ2) is 9.46. The van der Waals surface area contributed by atoms with E-state index in [4.69, 9.17) is 6.42 Å². The molecule has 0 aromatic rings. The van der Waals surface area contributed by atoms with Gasteiger partial charge in [-0.2, -0.15) is 0 Å². The number of ether oxygens (including phenoxy) is 1. The molecule has 0 aromatic carbocycles. The van der Waals surface area contributed by atoms with Crippen LogP contribution in [0.25, 0.3) is 0 Å². The Kier molecular flexibility index (Phi) is 8.48. The van der Waals surface area contributed by atoms with Gasteiger partial charge in [-0.1, -0.05) is 32.3 Å². The third-order valence-corrected chi connectivity index (χ3v) is 2.23. The average Bonchev–Trinajstić information content (AvgIpc) is 2.33. The van der Waals surface area contributed by atoms with Gasteiger partial charge >= 0.3 is 5.97 Å². The molecule has 0 aliphatic carbocycles. The Bertz CT molecular complexity index is 315. The number of hydrogen-bond acceptors (Lipinski definition) is 3. The van der Waals surface area contributed by atoms with Crippen molar-refractivity contribution < 1.29 is 14.3 Å². The van der Waals surface area contributed by atoms with Crippen molar-refractivity contribution in [1.82, 2.24) is 5.32 Å². The Hall–Kier alpha value is -1.76. The van der Waals surface area contributed by atoms with Gasteiger partial charge in [-0.25, -0.2) is 0 Å². The molecular formula is C13H19NO3. The summed E-state index contributed by atoms with van der Waals surface area (Å²) in [4.78, 5) is 22.2. The van der Waals surface area contributed by atoms with Gasteiger partial charge in [0.2, 0.25) is 5.91 Å². The monoisotopic (exact) mass is 237 g/mol. The molecule has 1 amide bonds. The maximum absolute atomic E-state index is 11.2. The summed E-state index contributed by atoms with van der Waals surface area (Å²) in [5.74, 6) is 1.89. The number of nitrogens with one attached hydrogen (secondary N) is 1. The number of terminal acetylenes is 1. The number of carbonyl (C=O) groups excluding carboxylic acids is 2. The molecular weight excluding hydrogens is 218 g/mol. The lowest BCUT2D eigenvalue weighted by Crippen LogP contribution is -2.29. The van der Waals surface area contributed by atoms with Crippen LogP contribution in [0, 0.1) is 18.3 Å². The van der Waals surface area contributed by atoms with E-state index in [2.05, 4.69) is 29.8 Å². The number of allylic oxidation sites excluding steroid dienone is 1. The summed E-state index contributed by atoms with van der Waals surface area (Å²) in [5.41, 5.74) is 0. The maximum Gasteiger partial charge on any atom is 0.326 e. The van der Waals surface area contributed by atoms with Crippen LogP contribution in [0.1, 0.15) is 26.7 Å². The van der Waals surface area contributed by atoms with Crippen molar-refractivity contribution in [3.63, 3.8) is 0 Å². The van der Waals surface area contributed by atoms with Crippen LogP contribution >= 0.6 is 0 Å². The third-order valence-electron chi connectivity index (χ3n) is 2.23. The molecule has 4 heteroatoms. The van der Waals surface area contributed by atoms with Crippen LogP contribution in [0.5, 0.6) is 0 Å². The zero-order chi connectivity index (χ0) is 13.1. The highest BCUT2D eigenvalue weighted by Crippen LogP contribution is 2.06. The van der Waals surface area contributed by atoms with Gasteiger partial charge in [0.05, 0.1) is 0 Å². The molecule has 0 saturated heterocycles. The summed E-state index contributed by atoms with van der Waals surface area (Å²) < 4.78 is 4.59. The molecule has 0 saturated carbocycles. The second-order valence-corrected chi connectivity index (χ2v) is 3.73. The highest BCUT2D eigenvalue weighted by Gasteiger charge is 2.03. The molecule has 0 aromatic heterocycles. The summed E-state index contributed by atoms with van der Waals surface area (Å²) in [6.07, 6.45) is 10.1. The Balaban J connectivity index is 3.73. The molecule has 17 heavy (non-hydrogen) atoms. The summed E-state index contributed by atoms with van der Waals surface area (Å²) in [7, 11) is 0. The molecule has 1 N–H and O–H groups in total. The first-order valence-electron chi connectivity index (χ1n) is 5.63. The number of amides is 1. The lowest BCUT2D eigenvalue weighted by atomic mass is 10.1. The lowest BCUT2D eigenvalue weighted by Gasteiger charge is -2.03. The van der Waals surface area contributed by atoms with Crippen molar-refractivity contribution in [2.45, 2.75) is 26.7 Å². The van der Waals surface area contributed by atoms with Crippen LogP contribution in [0.4, 0.5) is 0 Å². The fourth-order valence-electron chi connectivity index (χ4n) is 0.965. The normalized spacial score (nSPS) is 11.8. The molecule has 0 radical (unpaired) electrons. The highest BCUT2D eigenvalue weighted by atomic mass is 16.5. The molecule has 0 heterocycles. The van der Waals surface area contributed by atoms with Crippen LogP contribution in [0.15, 0.2) is 12.2 Å². The molecule has 1 unspecified atom stereocenters. The van der Waals surface area contributed by atoms with Crippen LogP contribution in [0.3, 0.4) is 0 Å². The molecule has 0 rings (SSSR count). The smallest absolute Gasteiger partial charge is 0.326 e. The second-order valence-electron chi connectivity index (χ2n) is 3.73. The van der Waals surface area contributed by atoms with Crippen LogP contribution in [0.2, 0.25) is 0 Å². The highest BCUT2D eigenvalue weighted by molar-refractivity contribution is 5.90. The molecule has 0 bridgehead atoms. The van der Waals surface area contributed by atoms with Crippen LogP contribution in [-0.2, 0) is 14.3 Å². The van der Waals surface area contributed by atoms with E-state index in [1.807, 2.05) is 0 Å². The first-order chi connectivity index (χ1) is 8.10. The minimum absolute atomic E-state index is 0.0709. The summed E-state index contributed by atoms with van der Waals surface area (Å²) >= 11 is 0. The van der Waals surface area contributed by atoms with Gasteiger partial charge < -0.3 is 10.1 Å². The Labute approximate surface area is 102 Å². The Morgan fingerprint density at radius 3 is 2.82 bits per heavy atom. The largest absolute Gasteiger partial charge is 0.451 e. The Morgan fingerprint density at radius 1 is 1.53 bits per heavy atom. The van der Waals surface area contributed by atoms with Crippen molar-refractivity contribution in [2.24, 2.45) is 5.92 Å². The van der Waals surface area contributed by atoms with Crippen molar-refractivity contribution in [3.05, 3.63) is 12.2 Å². The Morgan fingerprint density at radius 2 is 2.24 bits per heavy atom. The predicted octanol–water partition coefficient (Wildman–Crippen LogP) is 1.27. The number of esters is 1. The van der Waals surface area contributed by atoms with E-state index in [0.717, 1.165) is 12.8 Å². The van der Waals surface area contributed by atoms with Gasteiger partial charge in [0.1, 0.15) is 6.54 Å². The topological polar surface area (TPSA) is 55.4 Å². The zero-order valence-electron chi connectivity index (χ0n) is 10.4. The number of hydrogen-bond donors (Lipinski definition) is 1. The summed E-state index contributed by atoms with van der Waals surface area (Å²) in [6, 6.07) is 0. The molecule has 0 aliphatic rings. The predicted molar refractivity (Wildman–Crippen MR) is 66.0 cm³/mol. The fraction of sp³-hybridized carbons (Fsp3) is 0.538. The van der Waals surface area contributed by atoms with Crippen LogP contribution < -0.4 is 5.32 Å². The molecule has 0 fully saturated rings. The number of rotatable bonds is 7. The van der Waals surface area contributed by atoms with Crippen molar-refractivity contribution >= 4 is 11.9 Å². The third kappa shape index (κ3) is 9.19. The van der Waals surface area contributed by atoms with Gasteiger partial charge in [-0.05, 0) is 18.4 Å². The van der Waals surface area contributed by atoms with Crippen LogP contribution in [-0.4, -0.2) is 25.0 Å². The fourth-order valence-corrected chi connectivity index (χ4v) is 0.965. The first-order valence-corrected chi connectivity index (χ1v) is 5.63. The quantitative estimate of drug-likeness (QED) is 0.412. The number of carbonyl (C=O) groups is 2. The van der Waals surface area contributed by atoms with Crippen molar-refractivity contribution in [1.29, 1.82) is 0 Å². The van der Waals surface area contributed by atoms with Crippen molar-refractivity contribution in [3.8, 4) is 12.3 Å². The van der Waals surface area contributed by atoms with E-state index in [9.17, 15) is 9.59 Å². The maximum atomic E-state index is 11.2. The molecule has 4 nitrogen and oxygen atoms in total. The standard InChI is InChI=1S/C13H19NO3/c1-4-9-17-13(16)10-14-12(15)8-6-7-11(3)5-2/h1,6,8,11H,5,7,9-10H2,2-3H3,(H,14,15)/b8-6+. The summed E-state index contributed by atoms with van der Waals surface area (Å²) in [5, 5.41) is 2.41. The van der Waals surface area contributed by atoms with Gasteiger partial charge in [-0.3, -0.25) is 9.59 Å². The zero-order valence-corrected chi connectivity index (χ0v) is 10.4. The van der Waals surface area contributed by atoms with Gasteiger partial charge in [-0.15, -0.1) is 6.42 Å². The van der Waals surface area contributed by atoms with Gasteiger partial charge in [0, 0.05) is 0 Å². The lowest BCUT2D eigenvalue weighted by molar-refractivity contribution is -0.142. The first kappa shape index (κ1) is 15.2. The van der Waals surface area contributed by atoms with E-state index < -0.39 is 5.97 Å².